The summed E-state index contributed by atoms with van der Waals surface area (Å²) >= 11 is 0. The Labute approximate surface area is 231 Å². The number of carbonyl (C=O) groups is 3. The third-order valence-corrected chi connectivity index (χ3v) is 9.47. The number of hydrogen-bond acceptors (Lipinski definition) is 5. The standard InChI is InChI=1S/C31H42N4O4/c1-20-17-21(2)19-23(18-20)33-28(36)25-24-11-12-31(39-24)26(25)30(38)35(16-15-34-13-7-4-8-14-34)27(31)29(37)32-22-9-5-3-6-10-22/h11-12,17-19,22,24-27H,3-10,13-16H2,1-2H3,(H,32,37)(H,33,36)/t24-,25+,26-,27+,31-/m0/s1. The molecule has 1 saturated carbocycles. The first-order chi connectivity index (χ1) is 18.9. The van der Waals surface area contributed by atoms with E-state index in [1.807, 2.05) is 38.1 Å². The molecule has 3 amide bonds. The van der Waals surface area contributed by atoms with E-state index in [0.717, 1.165) is 62.1 Å². The second-order valence-electron chi connectivity index (χ2n) is 12.3. The number of nitrogens with zero attached hydrogens (tertiary/aromatic N) is 2. The molecule has 1 aromatic carbocycles. The van der Waals surface area contributed by atoms with Gasteiger partial charge in [0.05, 0.1) is 17.9 Å². The summed E-state index contributed by atoms with van der Waals surface area (Å²) in [4.78, 5) is 46.0. The SMILES string of the molecule is Cc1cc(C)cc(NC(=O)[C@@H]2[C@@H]3C=C[C@]4(O3)[C@@H]2C(=O)N(CCN2CCCCC2)[C@@H]4C(=O)NC2CCCCC2)c1. The molecule has 0 aromatic heterocycles. The smallest absolute Gasteiger partial charge is 0.246 e. The lowest BCUT2D eigenvalue weighted by Gasteiger charge is -2.35. The molecular weight excluding hydrogens is 492 g/mol. The van der Waals surface area contributed by atoms with Gasteiger partial charge in [-0.3, -0.25) is 14.4 Å². The van der Waals surface area contributed by atoms with Crippen molar-refractivity contribution in [1.29, 1.82) is 0 Å². The molecule has 0 unspecified atom stereocenters. The van der Waals surface area contributed by atoms with Crippen molar-refractivity contribution in [3.05, 3.63) is 41.5 Å². The highest BCUT2D eigenvalue weighted by molar-refractivity contribution is 6.02. The van der Waals surface area contributed by atoms with Crippen LogP contribution < -0.4 is 10.6 Å². The van der Waals surface area contributed by atoms with E-state index in [1.165, 1.54) is 25.7 Å². The Balaban J connectivity index is 1.27. The van der Waals surface area contributed by atoms with Crippen molar-refractivity contribution in [2.45, 2.75) is 89.0 Å². The van der Waals surface area contributed by atoms with Crippen LogP contribution in [-0.2, 0) is 19.1 Å². The predicted octanol–water partition coefficient (Wildman–Crippen LogP) is 3.33. The fourth-order valence-corrected chi connectivity index (χ4v) is 7.74. The molecule has 1 spiro atoms. The molecule has 1 aliphatic carbocycles. The van der Waals surface area contributed by atoms with Crippen molar-refractivity contribution in [2.75, 3.05) is 31.5 Å². The Morgan fingerprint density at radius 1 is 0.949 bits per heavy atom. The lowest BCUT2D eigenvalue weighted by molar-refractivity contribution is -0.141. The van der Waals surface area contributed by atoms with Gasteiger partial charge in [-0.1, -0.05) is 43.9 Å². The molecule has 4 heterocycles. The summed E-state index contributed by atoms with van der Waals surface area (Å²) in [6, 6.07) is 5.30. The number of anilines is 1. The summed E-state index contributed by atoms with van der Waals surface area (Å²) in [6.45, 7) is 7.24. The number of rotatable bonds is 7. The van der Waals surface area contributed by atoms with Gasteiger partial charge in [0.2, 0.25) is 17.7 Å². The molecule has 0 radical (unpaired) electrons. The van der Waals surface area contributed by atoms with E-state index in [0.29, 0.717) is 6.54 Å². The summed E-state index contributed by atoms with van der Waals surface area (Å²) in [6.07, 6.45) is 12.2. The molecule has 3 saturated heterocycles. The fraction of sp³-hybridized carbons (Fsp3) is 0.645. The van der Waals surface area contributed by atoms with Crippen molar-refractivity contribution in [1.82, 2.24) is 15.1 Å². The van der Waals surface area contributed by atoms with E-state index in [1.54, 1.807) is 4.90 Å². The van der Waals surface area contributed by atoms with Crippen LogP contribution in [0.25, 0.3) is 0 Å². The van der Waals surface area contributed by atoms with Gasteiger partial charge in [-0.05, 0) is 75.9 Å². The molecule has 2 bridgehead atoms. The van der Waals surface area contributed by atoms with Gasteiger partial charge in [-0.2, -0.15) is 0 Å². The van der Waals surface area contributed by atoms with Gasteiger partial charge >= 0.3 is 0 Å². The molecular formula is C31H42N4O4. The number of aryl methyl sites for hydroxylation is 2. The third-order valence-electron chi connectivity index (χ3n) is 9.47. The number of piperidine rings is 1. The number of benzene rings is 1. The summed E-state index contributed by atoms with van der Waals surface area (Å²) in [5, 5.41) is 6.33. The number of carbonyl (C=O) groups excluding carboxylic acids is 3. The summed E-state index contributed by atoms with van der Waals surface area (Å²) in [7, 11) is 0. The van der Waals surface area contributed by atoms with Crippen LogP contribution in [0.15, 0.2) is 30.4 Å². The van der Waals surface area contributed by atoms with Crippen LogP contribution in [0, 0.1) is 25.7 Å². The van der Waals surface area contributed by atoms with Gasteiger partial charge in [0.1, 0.15) is 11.6 Å². The zero-order valence-corrected chi connectivity index (χ0v) is 23.3. The van der Waals surface area contributed by atoms with Crippen LogP contribution in [-0.4, -0.2) is 77.5 Å². The van der Waals surface area contributed by atoms with Gasteiger partial charge in [-0.15, -0.1) is 0 Å². The van der Waals surface area contributed by atoms with Gasteiger partial charge in [-0.25, -0.2) is 0 Å². The number of nitrogens with one attached hydrogen (secondary N) is 2. The number of amides is 3. The van der Waals surface area contributed by atoms with Crippen LogP contribution in [0.3, 0.4) is 0 Å². The van der Waals surface area contributed by atoms with Crippen LogP contribution in [0.1, 0.15) is 62.5 Å². The van der Waals surface area contributed by atoms with Gasteiger partial charge in [0.15, 0.2) is 0 Å². The third kappa shape index (κ3) is 4.91. The molecule has 6 rings (SSSR count). The minimum atomic E-state index is -1.10. The lowest BCUT2D eigenvalue weighted by Crippen LogP contribution is -2.57. The Hall–Kier alpha value is -2.71. The lowest BCUT2D eigenvalue weighted by atomic mass is 9.74. The van der Waals surface area contributed by atoms with E-state index in [2.05, 4.69) is 21.6 Å². The topological polar surface area (TPSA) is 91.0 Å². The minimum Gasteiger partial charge on any atom is -0.359 e. The molecule has 1 aromatic rings. The Kier molecular flexibility index (Phi) is 7.27. The normalized spacial score (nSPS) is 32.5. The second-order valence-corrected chi connectivity index (χ2v) is 12.3. The van der Waals surface area contributed by atoms with E-state index in [4.69, 9.17) is 4.74 Å². The van der Waals surface area contributed by atoms with E-state index >= 15 is 0 Å². The summed E-state index contributed by atoms with van der Waals surface area (Å²) < 4.78 is 6.51. The highest BCUT2D eigenvalue weighted by Crippen LogP contribution is 2.55. The van der Waals surface area contributed by atoms with Crippen LogP contribution in [0.2, 0.25) is 0 Å². The monoisotopic (exact) mass is 534 g/mol. The van der Waals surface area contributed by atoms with Crippen molar-refractivity contribution in [2.24, 2.45) is 11.8 Å². The molecule has 4 aliphatic heterocycles. The molecule has 5 aliphatic rings. The summed E-state index contributed by atoms with van der Waals surface area (Å²) in [5.41, 5.74) is 1.74. The van der Waals surface area contributed by atoms with Gasteiger partial charge in [0.25, 0.3) is 0 Å². The van der Waals surface area contributed by atoms with Crippen LogP contribution in [0.4, 0.5) is 5.69 Å². The maximum Gasteiger partial charge on any atom is 0.246 e. The van der Waals surface area contributed by atoms with Gasteiger partial charge < -0.3 is 25.2 Å². The number of hydrogen-bond donors (Lipinski definition) is 2. The van der Waals surface area contributed by atoms with E-state index in [9.17, 15) is 14.4 Å². The molecule has 5 atom stereocenters. The average Bonchev–Trinajstić information content (AvgIpc) is 3.55. The first-order valence-corrected chi connectivity index (χ1v) is 15.0. The molecule has 39 heavy (non-hydrogen) atoms. The predicted molar refractivity (Wildman–Crippen MR) is 149 cm³/mol. The Bertz CT molecular complexity index is 1130. The maximum absolute atomic E-state index is 14.2. The van der Waals surface area contributed by atoms with E-state index < -0.39 is 29.6 Å². The maximum atomic E-state index is 14.2. The number of ether oxygens (including phenoxy) is 1. The first-order valence-electron chi connectivity index (χ1n) is 15.0. The number of fused-ring (bicyclic) bond motifs is 1. The zero-order chi connectivity index (χ0) is 27.1. The van der Waals surface area contributed by atoms with Gasteiger partial charge in [0, 0.05) is 24.8 Å². The van der Waals surface area contributed by atoms with Crippen molar-refractivity contribution >= 4 is 23.4 Å². The quantitative estimate of drug-likeness (QED) is 0.524. The highest BCUT2D eigenvalue weighted by atomic mass is 16.5. The fourth-order valence-electron chi connectivity index (χ4n) is 7.74. The van der Waals surface area contributed by atoms with Crippen LogP contribution in [0.5, 0.6) is 0 Å². The van der Waals surface area contributed by atoms with E-state index in [-0.39, 0.29) is 23.8 Å². The Morgan fingerprint density at radius 3 is 2.36 bits per heavy atom. The zero-order valence-electron chi connectivity index (χ0n) is 23.3. The van der Waals surface area contributed by atoms with Crippen LogP contribution >= 0.6 is 0 Å². The largest absolute Gasteiger partial charge is 0.359 e. The summed E-state index contributed by atoms with van der Waals surface area (Å²) in [5.74, 6) is -1.88. The molecule has 8 nitrogen and oxygen atoms in total. The van der Waals surface area contributed by atoms with Crippen molar-refractivity contribution in [3.8, 4) is 0 Å². The van der Waals surface area contributed by atoms with Crippen molar-refractivity contribution < 1.29 is 19.1 Å². The Morgan fingerprint density at radius 2 is 1.64 bits per heavy atom. The molecule has 210 valence electrons. The molecule has 8 heteroatoms. The highest BCUT2D eigenvalue weighted by Gasteiger charge is 2.72. The molecule has 2 N–H and O–H groups in total. The average molecular weight is 535 g/mol. The van der Waals surface area contributed by atoms with Crippen molar-refractivity contribution in [3.63, 3.8) is 0 Å². The second kappa shape index (κ2) is 10.7. The first kappa shape index (κ1) is 26.5. The number of likely N-dealkylation sites (tertiary alicyclic amines) is 2. The molecule has 4 fully saturated rings. The minimum absolute atomic E-state index is 0.131.